The van der Waals surface area contributed by atoms with Crippen molar-refractivity contribution >= 4 is 23.1 Å². The Morgan fingerprint density at radius 3 is 2.07 bits per heavy atom. The van der Waals surface area contributed by atoms with E-state index in [0.29, 0.717) is 30.9 Å². The standard InChI is InChI=1S/C73H88N4O4/c1-17-55-49(9)61-38-63-51(11)57(70(76-63)58-37-67(79)69-52(12)64(77-71(58)69)40-66-56(18-2)50(10)62(75-66)39-65(55)74-61)31-34-68(80)81-54-36-48(8)60(73(15,16)42-54)33-30-46(6)28-22-26-44(4)24-20-19-23-43(3)25-21-27-45(5)29-32-59-47(7)35-53(78)41-72(59,13)14/h17,19-30,32-33,35,38-40,51,53-54,57,59,76,78-79H,1,18,31,34,36-37,41-42H2,2-16H3. The largest absolute Gasteiger partial charge is 0.511 e. The molecule has 8 bridgehead atoms. The van der Waals surface area contributed by atoms with Gasteiger partial charge in [0.1, 0.15) is 11.9 Å². The monoisotopic (exact) mass is 1080 g/mol. The second kappa shape index (κ2) is 24.9. The summed E-state index contributed by atoms with van der Waals surface area (Å²) in [6, 6.07) is 0. The molecule has 81 heavy (non-hydrogen) atoms. The van der Waals surface area contributed by atoms with E-state index in [0.717, 1.165) is 109 Å². The summed E-state index contributed by atoms with van der Waals surface area (Å²) in [6.07, 6.45) is 43.8. The summed E-state index contributed by atoms with van der Waals surface area (Å²) in [7, 11) is 0. The first-order valence-electron chi connectivity index (χ1n) is 29.3. The van der Waals surface area contributed by atoms with Crippen LogP contribution in [0.1, 0.15) is 149 Å². The van der Waals surface area contributed by atoms with Gasteiger partial charge in [-0.2, -0.15) is 0 Å². The van der Waals surface area contributed by atoms with Crippen molar-refractivity contribution in [3.05, 3.63) is 234 Å². The Bertz CT molecular complexity index is 3400. The minimum Gasteiger partial charge on any atom is -0.511 e. The van der Waals surface area contributed by atoms with Gasteiger partial charge in [-0.25, -0.2) is 15.0 Å². The summed E-state index contributed by atoms with van der Waals surface area (Å²) in [5, 5.41) is 25.6. The third kappa shape index (κ3) is 13.5. The number of nitrogens with zero attached hydrogens (tertiary/aromatic N) is 3. The van der Waals surface area contributed by atoms with E-state index in [9.17, 15) is 15.0 Å². The van der Waals surface area contributed by atoms with E-state index < -0.39 is 0 Å². The topological polar surface area (TPSA) is 116 Å². The number of aliphatic imine (C=N–C) groups is 3. The highest BCUT2D eigenvalue weighted by Crippen LogP contribution is 2.48. The molecule has 8 nitrogen and oxygen atoms in total. The van der Waals surface area contributed by atoms with Crippen LogP contribution in [0.15, 0.2) is 249 Å². The smallest absolute Gasteiger partial charge is 0.306 e. The van der Waals surface area contributed by atoms with Crippen LogP contribution in [0.4, 0.5) is 0 Å². The molecule has 0 saturated carbocycles. The molecule has 8 aliphatic rings. The van der Waals surface area contributed by atoms with Gasteiger partial charge in [-0.15, -0.1) is 0 Å². The number of aliphatic hydroxyl groups is 2. The molecule has 5 atom stereocenters. The summed E-state index contributed by atoms with van der Waals surface area (Å²) in [4.78, 5) is 29.5. The third-order valence-electron chi connectivity index (χ3n) is 17.6. The first-order chi connectivity index (χ1) is 38.4. The number of carbonyl (C=O) groups is 1. The molecule has 0 spiro atoms. The Kier molecular flexibility index (Phi) is 18.4. The van der Waals surface area contributed by atoms with E-state index in [1.165, 1.54) is 33.4 Å². The fraction of sp³-hybridized carbons (Fsp3) is 0.397. The van der Waals surface area contributed by atoms with Gasteiger partial charge in [0.05, 0.1) is 40.3 Å². The predicted octanol–water partition coefficient (Wildman–Crippen LogP) is 17.6. The molecular weight excluding hydrogens is 997 g/mol. The molecule has 0 radical (unpaired) electrons. The van der Waals surface area contributed by atoms with Gasteiger partial charge in [-0.3, -0.25) is 4.79 Å². The maximum atomic E-state index is 14.0. The summed E-state index contributed by atoms with van der Waals surface area (Å²) in [5.41, 5.74) is 22.4. The quantitative estimate of drug-likeness (QED) is 0.0809. The molecule has 0 amide bonds. The van der Waals surface area contributed by atoms with E-state index in [1.54, 1.807) is 0 Å². The summed E-state index contributed by atoms with van der Waals surface area (Å²) < 4.78 is 6.36. The summed E-state index contributed by atoms with van der Waals surface area (Å²) >= 11 is 0. The average molecular weight is 1090 g/mol. The Morgan fingerprint density at radius 1 is 0.802 bits per heavy atom. The van der Waals surface area contributed by atoms with Crippen LogP contribution in [-0.2, 0) is 9.53 Å². The molecule has 1 fully saturated rings. The van der Waals surface area contributed by atoms with Crippen molar-refractivity contribution in [1.29, 1.82) is 0 Å². The molecule has 1 saturated heterocycles. The first kappa shape index (κ1) is 59.9. The van der Waals surface area contributed by atoms with Crippen molar-refractivity contribution in [3.63, 3.8) is 0 Å². The van der Waals surface area contributed by atoms with Crippen LogP contribution in [0.2, 0.25) is 0 Å². The van der Waals surface area contributed by atoms with Gasteiger partial charge >= 0.3 is 5.97 Å². The molecule has 0 aromatic rings. The Balaban J connectivity index is 0.888. The highest BCUT2D eigenvalue weighted by Gasteiger charge is 2.42. The molecule has 5 aliphatic heterocycles. The normalized spacial score (nSPS) is 26.3. The van der Waals surface area contributed by atoms with Crippen LogP contribution >= 0.6 is 0 Å². The lowest BCUT2D eigenvalue weighted by Gasteiger charge is -2.38. The first-order valence-corrected chi connectivity index (χ1v) is 29.3. The number of rotatable bonds is 16. The van der Waals surface area contributed by atoms with Crippen molar-refractivity contribution in [3.8, 4) is 0 Å². The maximum absolute atomic E-state index is 14.0. The highest BCUT2D eigenvalue weighted by atomic mass is 16.5. The lowest BCUT2D eigenvalue weighted by molar-refractivity contribution is -0.150. The lowest BCUT2D eigenvalue weighted by Crippen LogP contribution is -2.32. The number of nitrogens with one attached hydrogen (secondary N) is 1. The van der Waals surface area contributed by atoms with Gasteiger partial charge in [0.2, 0.25) is 0 Å². The molecule has 0 aromatic carbocycles. The number of aliphatic hydroxyl groups excluding tert-OH is 2. The lowest BCUT2D eigenvalue weighted by atomic mass is 9.67. The van der Waals surface area contributed by atoms with Crippen molar-refractivity contribution in [2.24, 2.45) is 43.6 Å². The van der Waals surface area contributed by atoms with Crippen molar-refractivity contribution in [2.75, 3.05) is 0 Å². The zero-order chi connectivity index (χ0) is 58.7. The van der Waals surface area contributed by atoms with E-state index in [2.05, 4.69) is 212 Å². The Morgan fingerprint density at radius 2 is 1.43 bits per heavy atom. The van der Waals surface area contributed by atoms with Crippen LogP contribution < -0.4 is 5.32 Å². The maximum Gasteiger partial charge on any atom is 0.306 e. The van der Waals surface area contributed by atoms with Crippen molar-refractivity contribution < 1.29 is 19.7 Å². The number of esters is 1. The Labute approximate surface area is 484 Å². The fourth-order valence-corrected chi connectivity index (χ4v) is 13.1. The number of hydrogen-bond acceptors (Lipinski definition) is 8. The zero-order valence-corrected chi connectivity index (χ0v) is 51.1. The van der Waals surface area contributed by atoms with Crippen molar-refractivity contribution in [2.45, 2.75) is 161 Å². The van der Waals surface area contributed by atoms with E-state index in [-0.39, 0.29) is 47.3 Å². The zero-order valence-electron chi connectivity index (χ0n) is 51.1. The molecule has 5 unspecified atom stereocenters. The van der Waals surface area contributed by atoms with Crippen LogP contribution in [0.5, 0.6) is 0 Å². The van der Waals surface area contributed by atoms with Crippen molar-refractivity contribution in [1.82, 2.24) is 5.32 Å². The SMILES string of the molecule is C=CC1=C(C)C2=NC1=CC1=NC(=CC3=C(C)C4=C(O)CC(=C5NC(=C2)C(C)C5CCC(=O)OC2CC(C)=C(C=CC(C)=CC=CC(C)=CC=CC=C(C)C=CC=C(C)C=CC5C(C)=CC(O)CC5(C)C)C(C)(C)C2)C4=N3)C(CC)=C1C. The predicted molar refractivity (Wildman–Crippen MR) is 339 cm³/mol. The third-order valence-corrected chi connectivity index (χ3v) is 17.6. The van der Waals surface area contributed by atoms with Crippen LogP contribution in [-0.4, -0.2) is 45.5 Å². The van der Waals surface area contributed by atoms with Crippen LogP contribution in [0.25, 0.3) is 0 Å². The highest BCUT2D eigenvalue weighted by molar-refractivity contribution is 6.21. The molecular formula is C73H88N4O4. The van der Waals surface area contributed by atoms with Crippen LogP contribution in [0, 0.1) is 28.6 Å². The number of ether oxygens (including phenoxy) is 1. The molecule has 5 heterocycles. The minimum absolute atomic E-state index is 0.0237. The van der Waals surface area contributed by atoms with Gasteiger partial charge < -0.3 is 20.3 Å². The molecule has 8 heteroatoms. The molecule has 8 rings (SSSR count). The molecule has 0 aromatic heterocycles. The number of fused-ring (bicyclic) bond motifs is 5. The van der Waals surface area contributed by atoms with E-state index in [4.69, 9.17) is 19.7 Å². The Hall–Kier alpha value is -7.16. The number of carbonyl (C=O) groups excluding carboxylic acids is 1. The number of allylic oxidation sites excluding steroid dienone is 32. The van der Waals surface area contributed by atoms with Gasteiger partial charge in [-0.1, -0.05) is 179 Å². The second-order valence-electron chi connectivity index (χ2n) is 25.0. The summed E-state index contributed by atoms with van der Waals surface area (Å²) in [6.45, 7) is 36.5. The molecule has 3 aliphatic carbocycles. The minimum atomic E-state index is -0.353. The van der Waals surface area contributed by atoms with E-state index >= 15 is 0 Å². The number of hydrogen-bond donors (Lipinski definition) is 3. The fourth-order valence-electron chi connectivity index (χ4n) is 13.1. The van der Waals surface area contributed by atoms with Gasteiger partial charge in [0, 0.05) is 65.1 Å². The van der Waals surface area contributed by atoms with Gasteiger partial charge in [-0.05, 0) is 145 Å². The van der Waals surface area contributed by atoms with Gasteiger partial charge in [0.15, 0.2) is 0 Å². The van der Waals surface area contributed by atoms with Gasteiger partial charge in [0.25, 0.3) is 0 Å². The molecule has 3 N–H and O–H groups in total. The second-order valence-corrected chi connectivity index (χ2v) is 25.0. The van der Waals surface area contributed by atoms with Crippen LogP contribution in [0.3, 0.4) is 0 Å². The summed E-state index contributed by atoms with van der Waals surface area (Å²) in [5.74, 6) is 0.428. The molecule has 424 valence electrons. The average Bonchev–Trinajstić information content (AvgIpc) is 4.28. The van der Waals surface area contributed by atoms with E-state index in [1.807, 2.05) is 19.1 Å².